The number of allylic oxidation sites excluding steroid dienone is 2. The Morgan fingerprint density at radius 3 is 3.00 bits per heavy atom. The van der Waals surface area contributed by atoms with Crippen molar-refractivity contribution < 1.29 is 4.79 Å². The highest BCUT2D eigenvalue weighted by Crippen LogP contribution is 2.16. The number of nitrogens with zero attached hydrogens (tertiary/aromatic N) is 3. The Morgan fingerprint density at radius 1 is 1.39 bits per heavy atom. The van der Waals surface area contributed by atoms with Crippen molar-refractivity contribution in [2.75, 3.05) is 0 Å². The number of amides is 1. The van der Waals surface area contributed by atoms with E-state index in [4.69, 9.17) is 0 Å². The molecule has 0 saturated heterocycles. The first-order chi connectivity index (χ1) is 13.5. The largest absolute Gasteiger partial charge is 0.296 e. The van der Waals surface area contributed by atoms with Crippen molar-refractivity contribution in [3.05, 3.63) is 51.6 Å². The molecule has 0 aliphatic carbocycles. The van der Waals surface area contributed by atoms with E-state index in [1.165, 1.54) is 5.57 Å². The van der Waals surface area contributed by atoms with E-state index in [9.17, 15) is 9.59 Å². The van der Waals surface area contributed by atoms with E-state index in [1.54, 1.807) is 29.0 Å². The molecule has 28 heavy (non-hydrogen) atoms. The van der Waals surface area contributed by atoms with Gasteiger partial charge in [0.25, 0.3) is 11.5 Å². The van der Waals surface area contributed by atoms with Gasteiger partial charge in [-0.25, -0.2) is 10.4 Å². The average Bonchev–Trinajstić information content (AvgIpc) is 3.13. The van der Waals surface area contributed by atoms with Crippen molar-refractivity contribution >= 4 is 23.0 Å². The van der Waals surface area contributed by atoms with Gasteiger partial charge in [0.2, 0.25) is 0 Å². The maximum Gasteiger partial charge on any atom is 0.271 e. The summed E-state index contributed by atoms with van der Waals surface area (Å²) in [7, 11) is 0. The Bertz CT molecular complexity index is 984. The lowest BCUT2D eigenvalue weighted by Crippen LogP contribution is -2.22. The summed E-state index contributed by atoms with van der Waals surface area (Å²) in [5.74, 6) is 1.02. The lowest BCUT2D eigenvalue weighted by molar-refractivity contribution is 0.0955. The van der Waals surface area contributed by atoms with Gasteiger partial charge in [-0.3, -0.25) is 14.2 Å². The minimum Gasteiger partial charge on any atom is -0.296 e. The summed E-state index contributed by atoms with van der Waals surface area (Å²) >= 11 is 0. The fraction of sp³-hybridized carbons (Fsp3) is 0.455. The zero-order valence-corrected chi connectivity index (χ0v) is 16.9. The minimum absolute atomic E-state index is 0.0235. The molecule has 2 aromatic rings. The number of hydrogen-bond acceptors (Lipinski definition) is 4. The first-order valence-electron chi connectivity index (χ1n) is 9.94. The number of hydrazone groups is 1. The normalized spacial score (nSPS) is 14.2. The quantitative estimate of drug-likeness (QED) is 0.450. The molecule has 0 unspecified atom stereocenters. The molecule has 1 aromatic carbocycles. The molecule has 1 amide bonds. The molecule has 1 aliphatic rings. The molecule has 1 atom stereocenters. The van der Waals surface area contributed by atoms with Gasteiger partial charge in [-0.1, -0.05) is 18.6 Å². The molecule has 3 rings (SSSR count). The molecule has 0 bridgehead atoms. The highest BCUT2D eigenvalue weighted by Gasteiger charge is 2.17. The smallest absolute Gasteiger partial charge is 0.271 e. The summed E-state index contributed by atoms with van der Waals surface area (Å²) in [5.41, 5.74) is 4.91. The molecule has 2 heterocycles. The maximum atomic E-state index is 12.5. The number of nitrogens with one attached hydrogen (secondary N) is 1. The third kappa shape index (κ3) is 4.74. The topological polar surface area (TPSA) is 76.3 Å². The zero-order valence-electron chi connectivity index (χ0n) is 16.9. The monoisotopic (exact) mass is 380 g/mol. The number of aryl methyl sites for hydroxylation is 1. The van der Waals surface area contributed by atoms with Gasteiger partial charge >= 0.3 is 0 Å². The van der Waals surface area contributed by atoms with Crippen LogP contribution in [0.4, 0.5) is 0 Å². The summed E-state index contributed by atoms with van der Waals surface area (Å²) in [6.45, 7) is 7.11. The van der Waals surface area contributed by atoms with Crippen molar-refractivity contribution in [1.82, 2.24) is 15.0 Å². The van der Waals surface area contributed by atoms with Gasteiger partial charge in [0.15, 0.2) is 0 Å². The van der Waals surface area contributed by atoms with Crippen LogP contribution in [0.1, 0.15) is 62.6 Å². The molecule has 6 heteroatoms. The molecule has 0 spiro atoms. The summed E-state index contributed by atoms with van der Waals surface area (Å²) in [6, 6.07) is 5.00. The van der Waals surface area contributed by atoms with Crippen LogP contribution >= 0.6 is 0 Å². The SMILES string of the molecule is CC(C)=CCC[C@H](C)C/C=N\NC(=O)c1ccc2c(=O)n3c(nc2c1)CCC3. The van der Waals surface area contributed by atoms with Crippen LogP contribution in [0.15, 0.2) is 39.7 Å². The Kier molecular flexibility index (Phi) is 6.39. The van der Waals surface area contributed by atoms with Crippen molar-refractivity contribution in [2.45, 2.75) is 59.4 Å². The zero-order chi connectivity index (χ0) is 20.1. The minimum atomic E-state index is -0.294. The van der Waals surface area contributed by atoms with Crippen molar-refractivity contribution in [1.29, 1.82) is 0 Å². The standard InChI is InChI=1S/C22H28N4O2/c1-15(2)6-4-7-16(3)11-12-23-25-21(27)17-9-10-18-19(14-17)24-20-8-5-13-26(20)22(18)28/h6,9-10,12,14,16H,4-5,7-8,11,13H2,1-3H3,(H,25,27)/b23-12-/t16-/m0/s1. The van der Waals surface area contributed by atoms with E-state index in [2.05, 4.69) is 42.4 Å². The summed E-state index contributed by atoms with van der Waals surface area (Å²) in [6.07, 6.45) is 8.72. The second kappa shape index (κ2) is 8.95. The van der Waals surface area contributed by atoms with Crippen LogP contribution in [-0.4, -0.2) is 21.7 Å². The molecule has 0 radical (unpaired) electrons. The first kappa shape index (κ1) is 20.0. The average molecular weight is 380 g/mol. The molecule has 1 aliphatic heterocycles. The van der Waals surface area contributed by atoms with Crippen LogP contribution in [0.2, 0.25) is 0 Å². The Morgan fingerprint density at radius 2 is 2.21 bits per heavy atom. The van der Waals surface area contributed by atoms with E-state index in [1.807, 2.05) is 0 Å². The molecule has 1 N–H and O–H groups in total. The number of aromatic nitrogens is 2. The number of rotatable bonds is 7. The van der Waals surface area contributed by atoms with Crippen LogP contribution < -0.4 is 11.0 Å². The summed E-state index contributed by atoms with van der Waals surface area (Å²) < 4.78 is 1.73. The second-order valence-electron chi connectivity index (χ2n) is 7.77. The van der Waals surface area contributed by atoms with Crippen molar-refractivity contribution in [2.24, 2.45) is 11.0 Å². The van der Waals surface area contributed by atoms with E-state index in [-0.39, 0.29) is 11.5 Å². The lowest BCUT2D eigenvalue weighted by atomic mass is 10.0. The van der Waals surface area contributed by atoms with Crippen molar-refractivity contribution in [3.8, 4) is 0 Å². The van der Waals surface area contributed by atoms with Crippen LogP contribution in [0.5, 0.6) is 0 Å². The van der Waals surface area contributed by atoms with Gasteiger partial charge in [0, 0.05) is 24.7 Å². The highest BCUT2D eigenvalue weighted by molar-refractivity contribution is 5.97. The second-order valence-corrected chi connectivity index (χ2v) is 7.77. The molecular weight excluding hydrogens is 352 g/mol. The Labute approximate surface area is 165 Å². The first-order valence-corrected chi connectivity index (χ1v) is 9.94. The molecule has 1 aromatic heterocycles. The van der Waals surface area contributed by atoms with Crippen LogP contribution in [0, 0.1) is 5.92 Å². The predicted molar refractivity (Wildman–Crippen MR) is 113 cm³/mol. The van der Waals surface area contributed by atoms with Gasteiger partial charge in [0.1, 0.15) is 5.82 Å². The summed E-state index contributed by atoms with van der Waals surface area (Å²) in [4.78, 5) is 29.4. The van der Waals surface area contributed by atoms with E-state index < -0.39 is 0 Å². The molecule has 0 fully saturated rings. The fourth-order valence-electron chi connectivity index (χ4n) is 3.40. The van der Waals surface area contributed by atoms with Crippen LogP contribution in [-0.2, 0) is 13.0 Å². The third-order valence-electron chi connectivity index (χ3n) is 5.06. The van der Waals surface area contributed by atoms with E-state index in [0.717, 1.165) is 44.5 Å². The number of hydrogen-bond donors (Lipinski definition) is 1. The molecular formula is C22H28N4O2. The molecule has 0 saturated carbocycles. The van der Waals surface area contributed by atoms with Crippen LogP contribution in [0.25, 0.3) is 10.9 Å². The number of fused-ring (bicyclic) bond motifs is 2. The van der Waals surface area contributed by atoms with Gasteiger partial charge in [-0.2, -0.15) is 5.10 Å². The maximum absolute atomic E-state index is 12.5. The van der Waals surface area contributed by atoms with Crippen LogP contribution in [0.3, 0.4) is 0 Å². The van der Waals surface area contributed by atoms with Gasteiger partial charge in [-0.05, 0) is 63.6 Å². The van der Waals surface area contributed by atoms with Gasteiger partial charge in [-0.15, -0.1) is 0 Å². The predicted octanol–water partition coefficient (Wildman–Crippen LogP) is 3.83. The van der Waals surface area contributed by atoms with Crippen molar-refractivity contribution in [3.63, 3.8) is 0 Å². The molecule has 148 valence electrons. The van der Waals surface area contributed by atoms with Gasteiger partial charge in [0.05, 0.1) is 10.9 Å². The Balaban J connectivity index is 1.60. The third-order valence-corrected chi connectivity index (χ3v) is 5.06. The fourth-order valence-corrected chi connectivity index (χ4v) is 3.40. The lowest BCUT2D eigenvalue weighted by Gasteiger charge is -2.07. The van der Waals surface area contributed by atoms with Gasteiger partial charge < -0.3 is 0 Å². The highest BCUT2D eigenvalue weighted by atomic mass is 16.2. The Hall–Kier alpha value is -2.76. The number of carbonyl (C=O) groups is 1. The molecule has 6 nitrogen and oxygen atoms in total. The van der Waals surface area contributed by atoms with E-state index in [0.29, 0.717) is 22.4 Å². The number of benzene rings is 1. The van der Waals surface area contributed by atoms with E-state index >= 15 is 0 Å². The summed E-state index contributed by atoms with van der Waals surface area (Å²) in [5, 5.41) is 4.61. The number of carbonyl (C=O) groups excluding carboxylic acids is 1.